The van der Waals surface area contributed by atoms with Crippen molar-refractivity contribution in [2.45, 2.75) is 33.7 Å². The Morgan fingerprint density at radius 2 is 2.08 bits per heavy atom. The molecule has 0 unspecified atom stereocenters. The highest BCUT2D eigenvalue weighted by molar-refractivity contribution is 6.31. The van der Waals surface area contributed by atoms with E-state index in [0.717, 1.165) is 13.1 Å². The van der Waals surface area contributed by atoms with E-state index in [1.807, 2.05) is 0 Å². The molecule has 132 valence electrons. The molecule has 1 aliphatic rings. The normalized spacial score (nSPS) is 18.9. The van der Waals surface area contributed by atoms with Crippen LogP contribution in [0, 0.1) is 23.0 Å². The zero-order valence-electron chi connectivity index (χ0n) is 14.6. The lowest BCUT2D eigenvalue weighted by molar-refractivity contribution is -0.385. The Labute approximate surface area is 147 Å². The molecule has 1 aliphatic heterocycles. The molecular formula is C17H24ClN3O3. The van der Waals surface area contributed by atoms with Gasteiger partial charge in [-0.3, -0.25) is 19.8 Å². The van der Waals surface area contributed by atoms with Crippen molar-refractivity contribution < 1.29 is 9.72 Å². The van der Waals surface area contributed by atoms with Gasteiger partial charge >= 0.3 is 0 Å². The first kappa shape index (κ1) is 18.7. The summed E-state index contributed by atoms with van der Waals surface area (Å²) in [5.74, 6) is 0.390. The molecule has 0 saturated carbocycles. The van der Waals surface area contributed by atoms with Gasteiger partial charge in [-0.05, 0) is 25.8 Å². The zero-order chi connectivity index (χ0) is 18.0. The van der Waals surface area contributed by atoms with Crippen molar-refractivity contribution in [2.75, 3.05) is 26.2 Å². The summed E-state index contributed by atoms with van der Waals surface area (Å²) in [6.07, 6.45) is 0. The van der Waals surface area contributed by atoms with Crippen LogP contribution in [-0.4, -0.2) is 52.9 Å². The number of nitro benzene ring substituents is 1. The lowest BCUT2D eigenvalue weighted by Crippen LogP contribution is -2.54. The third-order valence-corrected chi connectivity index (χ3v) is 4.64. The summed E-state index contributed by atoms with van der Waals surface area (Å²) in [5.41, 5.74) is 0.572. The average Bonchev–Trinajstić information content (AvgIpc) is 2.50. The van der Waals surface area contributed by atoms with Crippen molar-refractivity contribution in [3.05, 3.63) is 38.4 Å². The summed E-state index contributed by atoms with van der Waals surface area (Å²) in [4.78, 5) is 27.6. The van der Waals surface area contributed by atoms with Gasteiger partial charge in [0.05, 0.1) is 10.5 Å². The molecule has 1 saturated heterocycles. The van der Waals surface area contributed by atoms with Crippen molar-refractivity contribution in [3.63, 3.8) is 0 Å². The zero-order valence-corrected chi connectivity index (χ0v) is 15.3. The van der Waals surface area contributed by atoms with Crippen molar-refractivity contribution in [1.82, 2.24) is 9.80 Å². The van der Waals surface area contributed by atoms with E-state index in [0.29, 0.717) is 30.1 Å². The molecule has 7 heteroatoms. The van der Waals surface area contributed by atoms with Gasteiger partial charge in [0.15, 0.2) is 0 Å². The van der Waals surface area contributed by atoms with Crippen molar-refractivity contribution in [1.29, 1.82) is 0 Å². The molecule has 0 aliphatic carbocycles. The predicted octanol–water partition coefficient (Wildman–Crippen LogP) is 3.36. The van der Waals surface area contributed by atoms with Gasteiger partial charge in [-0.25, -0.2) is 0 Å². The van der Waals surface area contributed by atoms with Crippen LogP contribution < -0.4 is 0 Å². The molecule has 1 fully saturated rings. The Bertz CT molecular complexity index is 648. The van der Waals surface area contributed by atoms with Crippen LogP contribution >= 0.6 is 11.6 Å². The fourth-order valence-electron chi connectivity index (χ4n) is 3.17. The second-order valence-corrected chi connectivity index (χ2v) is 7.28. The van der Waals surface area contributed by atoms with Gasteiger partial charge in [0.25, 0.3) is 11.6 Å². The van der Waals surface area contributed by atoms with Crippen LogP contribution in [0.15, 0.2) is 12.1 Å². The van der Waals surface area contributed by atoms with Crippen molar-refractivity contribution in [3.8, 4) is 0 Å². The van der Waals surface area contributed by atoms with E-state index in [2.05, 4.69) is 25.7 Å². The minimum absolute atomic E-state index is 0.114. The molecule has 1 atom stereocenters. The lowest BCUT2D eigenvalue weighted by Gasteiger charge is -2.40. The van der Waals surface area contributed by atoms with E-state index >= 15 is 0 Å². The highest BCUT2D eigenvalue weighted by Crippen LogP contribution is 2.28. The number of nitro groups is 1. The number of benzene rings is 1. The van der Waals surface area contributed by atoms with E-state index in [1.54, 1.807) is 11.8 Å². The van der Waals surface area contributed by atoms with Crippen molar-refractivity contribution in [2.24, 2.45) is 5.92 Å². The van der Waals surface area contributed by atoms with Crippen LogP contribution in [-0.2, 0) is 0 Å². The number of carbonyl (C=O) groups is 1. The SMILES string of the molecule is Cc1c(C(=O)N2CCN(CC(C)C)[C@@H](C)C2)cc(Cl)cc1[N+](=O)[O-]. The van der Waals surface area contributed by atoms with Gasteiger partial charge in [-0.15, -0.1) is 0 Å². The second kappa shape index (κ2) is 7.49. The van der Waals surface area contributed by atoms with E-state index < -0.39 is 4.92 Å². The highest BCUT2D eigenvalue weighted by atomic mass is 35.5. The fourth-order valence-corrected chi connectivity index (χ4v) is 3.38. The number of hydrogen-bond donors (Lipinski definition) is 0. The highest BCUT2D eigenvalue weighted by Gasteiger charge is 2.29. The average molecular weight is 354 g/mol. The van der Waals surface area contributed by atoms with Crippen LogP contribution in [0.2, 0.25) is 5.02 Å². The Kier molecular flexibility index (Phi) is 5.83. The van der Waals surface area contributed by atoms with Crippen LogP contribution in [0.3, 0.4) is 0 Å². The summed E-state index contributed by atoms with van der Waals surface area (Å²) in [5, 5.41) is 11.3. The molecule has 0 bridgehead atoms. The molecule has 24 heavy (non-hydrogen) atoms. The molecule has 0 aromatic heterocycles. The van der Waals surface area contributed by atoms with Gasteiger partial charge in [-0.2, -0.15) is 0 Å². The number of hydrogen-bond acceptors (Lipinski definition) is 4. The van der Waals surface area contributed by atoms with E-state index in [-0.39, 0.29) is 22.7 Å². The van der Waals surface area contributed by atoms with E-state index in [4.69, 9.17) is 11.6 Å². The largest absolute Gasteiger partial charge is 0.336 e. The molecule has 0 N–H and O–H groups in total. The molecule has 0 radical (unpaired) electrons. The monoisotopic (exact) mass is 353 g/mol. The molecule has 1 aromatic carbocycles. The second-order valence-electron chi connectivity index (χ2n) is 6.84. The predicted molar refractivity (Wildman–Crippen MR) is 94.6 cm³/mol. The maximum absolute atomic E-state index is 12.8. The smallest absolute Gasteiger partial charge is 0.274 e. The molecule has 0 spiro atoms. The number of nitrogens with zero attached hydrogens (tertiary/aromatic N) is 3. The summed E-state index contributed by atoms with van der Waals surface area (Å²) in [6, 6.07) is 3.08. The summed E-state index contributed by atoms with van der Waals surface area (Å²) < 4.78 is 0. The summed E-state index contributed by atoms with van der Waals surface area (Å²) >= 11 is 5.97. The number of rotatable bonds is 4. The Morgan fingerprint density at radius 3 is 2.62 bits per heavy atom. The maximum atomic E-state index is 12.8. The fraction of sp³-hybridized carbons (Fsp3) is 0.588. The third kappa shape index (κ3) is 4.05. The maximum Gasteiger partial charge on any atom is 0.274 e. The number of piperazine rings is 1. The Morgan fingerprint density at radius 1 is 1.42 bits per heavy atom. The molecule has 1 aromatic rings. The van der Waals surface area contributed by atoms with Crippen LogP contribution in [0.5, 0.6) is 0 Å². The first-order valence-corrected chi connectivity index (χ1v) is 8.56. The molecule has 6 nitrogen and oxygen atoms in total. The minimum atomic E-state index is -0.499. The summed E-state index contributed by atoms with van der Waals surface area (Å²) in [7, 11) is 0. The van der Waals surface area contributed by atoms with Gasteiger partial charge in [0.2, 0.25) is 0 Å². The Hall–Kier alpha value is -1.66. The molecule has 1 amide bonds. The molecule has 1 heterocycles. The van der Waals surface area contributed by atoms with E-state index in [9.17, 15) is 14.9 Å². The first-order chi connectivity index (χ1) is 11.2. The number of halogens is 1. The Balaban J connectivity index is 2.20. The van der Waals surface area contributed by atoms with Gasteiger partial charge in [-0.1, -0.05) is 25.4 Å². The minimum Gasteiger partial charge on any atom is -0.336 e. The van der Waals surface area contributed by atoms with Crippen LogP contribution in [0.4, 0.5) is 5.69 Å². The van der Waals surface area contributed by atoms with Gasteiger partial charge in [0.1, 0.15) is 0 Å². The first-order valence-electron chi connectivity index (χ1n) is 8.18. The number of amides is 1. The van der Waals surface area contributed by atoms with Gasteiger partial charge < -0.3 is 4.90 Å². The van der Waals surface area contributed by atoms with Crippen LogP contribution in [0.1, 0.15) is 36.7 Å². The topological polar surface area (TPSA) is 66.7 Å². The van der Waals surface area contributed by atoms with E-state index in [1.165, 1.54) is 12.1 Å². The summed E-state index contributed by atoms with van der Waals surface area (Å²) in [6.45, 7) is 11.1. The van der Waals surface area contributed by atoms with Crippen LogP contribution in [0.25, 0.3) is 0 Å². The van der Waals surface area contributed by atoms with Crippen molar-refractivity contribution >= 4 is 23.2 Å². The molecule has 2 rings (SSSR count). The lowest BCUT2D eigenvalue weighted by atomic mass is 10.0. The molecular weight excluding hydrogens is 330 g/mol. The number of carbonyl (C=O) groups excluding carboxylic acids is 1. The third-order valence-electron chi connectivity index (χ3n) is 4.42. The quantitative estimate of drug-likeness (QED) is 0.615. The van der Waals surface area contributed by atoms with Gasteiger partial charge in [0, 0.05) is 48.9 Å². The standard InChI is InChI=1S/C17H24ClN3O3/c1-11(2)9-19-5-6-20(10-12(19)3)17(22)15-7-14(18)8-16(13(15)4)21(23)24/h7-8,11-12H,5-6,9-10H2,1-4H3/t12-/m0/s1.